The molecule has 1 aromatic carbocycles. The normalized spacial score (nSPS) is 20.0. The van der Waals surface area contributed by atoms with Crippen LogP contribution in [0.2, 0.25) is 5.02 Å². The topological polar surface area (TPSA) is 23.5 Å². The van der Waals surface area contributed by atoms with Gasteiger partial charge in [0, 0.05) is 11.6 Å². The number of piperidine rings is 1. The Morgan fingerprint density at radius 2 is 2.11 bits per heavy atom. The molecule has 1 aliphatic heterocycles. The van der Waals surface area contributed by atoms with Gasteiger partial charge in [-0.1, -0.05) is 11.6 Å². The molecule has 1 aromatic rings. The fourth-order valence-electron chi connectivity index (χ4n) is 2.50. The monoisotopic (exact) mass is 271 g/mol. The van der Waals surface area contributed by atoms with Crippen LogP contribution in [0, 0.1) is 11.7 Å². The molecule has 100 valence electrons. The lowest BCUT2D eigenvalue weighted by Crippen LogP contribution is -2.36. The molecule has 18 heavy (non-hydrogen) atoms. The number of rotatable bonds is 3. The molecule has 0 spiro atoms. The minimum atomic E-state index is -0.242. The van der Waals surface area contributed by atoms with Crippen molar-refractivity contribution in [1.82, 2.24) is 4.90 Å². The van der Waals surface area contributed by atoms with Crippen molar-refractivity contribution in [3.63, 3.8) is 0 Å². The van der Waals surface area contributed by atoms with E-state index in [1.54, 1.807) is 6.07 Å². The summed E-state index contributed by atoms with van der Waals surface area (Å²) in [5, 5.41) is 10.2. The average Bonchev–Trinajstić information content (AvgIpc) is 2.34. The summed E-state index contributed by atoms with van der Waals surface area (Å²) in [6, 6.07) is 4.49. The standard InChI is InChI=1S/C14H19ClFNO/c1-10(18)11-4-6-17(7-5-11)9-12-8-13(16)2-3-14(12)15/h2-3,8,10-11,18H,4-7,9H2,1H3. The van der Waals surface area contributed by atoms with Gasteiger partial charge in [-0.25, -0.2) is 4.39 Å². The Bertz CT molecular complexity index is 403. The second kappa shape index (κ2) is 6.00. The van der Waals surface area contributed by atoms with Crippen LogP contribution in [0.5, 0.6) is 0 Å². The molecule has 1 unspecified atom stereocenters. The number of aliphatic hydroxyl groups is 1. The summed E-state index contributed by atoms with van der Waals surface area (Å²) < 4.78 is 13.2. The van der Waals surface area contributed by atoms with Crippen molar-refractivity contribution < 1.29 is 9.50 Å². The molecule has 1 atom stereocenters. The van der Waals surface area contributed by atoms with Gasteiger partial charge >= 0.3 is 0 Å². The SMILES string of the molecule is CC(O)C1CCN(Cc2cc(F)ccc2Cl)CC1. The zero-order valence-electron chi connectivity index (χ0n) is 10.6. The van der Waals surface area contributed by atoms with Gasteiger partial charge < -0.3 is 5.11 Å². The molecule has 1 heterocycles. The molecule has 4 heteroatoms. The lowest BCUT2D eigenvalue weighted by molar-refractivity contribution is 0.0695. The lowest BCUT2D eigenvalue weighted by atomic mass is 9.92. The molecule has 0 aliphatic carbocycles. The van der Waals surface area contributed by atoms with E-state index in [1.165, 1.54) is 12.1 Å². The van der Waals surface area contributed by atoms with Gasteiger partial charge in [-0.05, 0) is 62.5 Å². The molecule has 0 aromatic heterocycles. The van der Waals surface area contributed by atoms with Gasteiger partial charge in [0.2, 0.25) is 0 Å². The first-order valence-corrected chi connectivity index (χ1v) is 6.78. The van der Waals surface area contributed by atoms with Crippen LogP contribution in [0.4, 0.5) is 4.39 Å². The highest BCUT2D eigenvalue weighted by Crippen LogP contribution is 2.24. The van der Waals surface area contributed by atoms with E-state index in [0.717, 1.165) is 31.5 Å². The van der Waals surface area contributed by atoms with Crippen molar-refractivity contribution in [2.45, 2.75) is 32.4 Å². The van der Waals surface area contributed by atoms with Gasteiger partial charge in [-0.3, -0.25) is 4.90 Å². The first-order valence-electron chi connectivity index (χ1n) is 6.40. The first kappa shape index (κ1) is 13.8. The Morgan fingerprint density at radius 3 is 2.72 bits per heavy atom. The second-order valence-electron chi connectivity index (χ2n) is 5.09. The summed E-state index contributed by atoms with van der Waals surface area (Å²) in [5.74, 6) is 0.150. The molecule has 0 radical (unpaired) electrons. The Labute approximate surface area is 112 Å². The van der Waals surface area contributed by atoms with E-state index in [2.05, 4.69) is 4.90 Å². The second-order valence-corrected chi connectivity index (χ2v) is 5.50. The third kappa shape index (κ3) is 3.44. The zero-order valence-corrected chi connectivity index (χ0v) is 11.3. The van der Waals surface area contributed by atoms with Crippen LogP contribution in [-0.2, 0) is 6.54 Å². The number of halogens is 2. The van der Waals surface area contributed by atoms with E-state index in [0.29, 0.717) is 17.5 Å². The highest BCUT2D eigenvalue weighted by molar-refractivity contribution is 6.31. The Balaban J connectivity index is 1.93. The van der Waals surface area contributed by atoms with Crippen molar-refractivity contribution in [3.8, 4) is 0 Å². The molecule has 1 aliphatic rings. The number of hydrogen-bond acceptors (Lipinski definition) is 2. The molecule has 2 nitrogen and oxygen atoms in total. The van der Waals surface area contributed by atoms with Gasteiger partial charge in [0.1, 0.15) is 5.82 Å². The van der Waals surface area contributed by atoms with Crippen LogP contribution < -0.4 is 0 Å². The van der Waals surface area contributed by atoms with Crippen LogP contribution in [-0.4, -0.2) is 29.2 Å². The van der Waals surface area contributed by atoms with Crippen LogP contribution in [0.1, 0.15) is 25.3 Å². The maximum absolute atomic E-state index is 13.2. The van der Waals surface area contributed by atoms with E-state index in [1.807, 2.05) is 6.92 Å². The predicted molar refractivity (Wildman–Crippen MR) is 71.1 cm³/mol. The molecule has 1 fully saturated rings. The zero-order chi connectivity index (χ0) is 13.1. The highest BCUT2D eigenvalue weighted by atomic mass is 35.5. The quantitative estimate of drug-likeness (QED) is 0.913. The van der Waals surface area contributed by atoms with E-state index in [4.69, 9.17) is 11.6 Å². The summed E-state index contributed by atoms with van der Waals surface area (Å²) in [6.07, 6.45) is 1.75. The summed E-state index contributed by atoms with van der Waals surface area (Å²) in [7, 11) is 0. The van der Waals surface area contributed by atoms with Crippen LogP contribution in [0.3, 0.4) is 0 Å². The maximum Gasteiger partial charge on any atom is 0.123 e. The summed E-state index contributed by atoms with van der Waals surface area (Å²) in [4.78, 5) is 2.26. The fourth-order valence-corrected chi connectivity index (χ4v) is 2.68. The Morgan fingerprint density at radius 1 is 1.44 bits per heavy atom. The van der Waals surface area contributed by atoms with E-state index < -0.39 is 0 Å². The van der Waals surface area contributed by atoms with Gasteiger partial charge in [-0.15, -0.1) is 0 Å². The molecule has 0 amide bonds. The third-order valence-electron chi connectivity index (χ3n) is 3.72. The van der Waals surface area contributed by atoms with Gasteiger partial charge in [-0.2, -0.15) is 0 Å². The van der Waals surface area contributed by atoms with Gasteiger partial charge in [0.25, 0.3) is 0 Å². The number of benzene rings is 1. The molecule has 0 bridgehead atoms. The van der Waals surface area contributed by atoms with Crippen molar-refractivity contribution in [2.24, 2.45) is 5.92 Å². The molecular weight excluding hydrogens is 253 g/mol. The van der Waals surface area contributed by atoms with Crippen molar-refractivity contribution in [1.29, 1.82) is 0 Å². The fraction of sp³-hybridized carbons (Fsp3) is 0.571. The van der Waals surface area contributed by atoms with Crippen molar-refractivity contribution in [3.05, 3.63) is 34.6 Å². The number of hydrogen-bond donors (Lipinski definition) is 1. The van der Waals surface area contributed by atoms with Crippen LogP contribution in [0.15, 0.2) is 18.2 Å². The van der Waals surface area contributed by atoms with E-state index in [-0.39, 0.29) is 11.9 Å². The van der Waals surface area contributed by atoms with E-state index >= 15 is 0 Å². The summed E-state index contributed by atoms with van der Waals surface area (Å²) in [5.41, 5.74) is 0.840. The van der Waals surface area contributed by atoms with Crippen molar-refractivity contribution in [2.75, 3.05) is 13.1 Å². The first-order chi connectivity index (χ1) is 8.56. The highest BCUT2D eigenvalue weighted by Gasteiger charge is 2.22. The summed E-state index contributed by atoms with van der Waals surface area (Å²) >= 11 is 6.06. The van der Waals surface area contributed by atoms with Gasteiger partial charge in [0.05, 0.1) is 6.10 Å². The minimum Gasteiger partial charge on any atom is -0.393 e. The molecular formula is C14H19ClFNO. The molecule has 1 N–H and O–H groups in total. The third-order valence-corrected chi connectivity index (χ3v) is 4.08. The number of aliphatic hydroxyl groups excluding tert-OH is 1. The summed E-state index contributed by atoms with van der Waals surface area (Å²) in [6.45, 7) is 4.40. The van der Waals surface area contributed by atoms with E-state index in [9.17, 15) is 9.50 Å². The molecule has 1 saturated heterocycles. The van der Waals surface area contributed by atoms with Crippen LogP contribution in [0.25, 0.3) is 0 Å². The maximum atomic E-state index is 13.2. The molecule has 2 rings (SSSR count). The Kier molecular flexibility index (Phi) is 4.60. The van der Waals surface area contributed by atoms with Crippen molar-refractivity contribution >= 4 is 11.6 Å². The van der Waals surface area contributed by atoms with Gasteiger partial charge in [0.15, 0.2) is 0 Å². The Hall–Kier alpha value is -0.640. The minimum absolute atomic E-state index is 0.232. The van der Waals surface area contributed by atoms with Crippen LogP contribution >= 0.6 is 11.6 Å². The lowest BCUT2D eigenvalue weighted by Gasteiger charge is -2.33. The number of likely N-dealkylation sites (tertiary alicyclic amines) is 1. The smallest absolute Gasteiger partial charge is 0.123 e. The molecule has 0 saturated carbocycles. The predicted octanol–water partition coefficient (Wildman–Crippen LogP) is 3.07. The number of nitrogens with zero attached hydrogens (tertiary/aromatic N) is 1. The average molecular weight is 272 g/mol. The largest absolute Gasteiger partial charge is 0.393 e.